The van der Waals surface area contributed by atoms with Crippen molar-refractivity contribution in [3.05, 3.63) is 57.3 Å². The first-order valence-electron chi connectivity index (χ1n) is 7.60. The molecule has 0 saturated carbocycles. The van der Waals surface area contributed by atoms with Gasteiger partial charge in [-0.3, -0.25) is 9.59 Å². The molecule has 1 aromatic carbocycles. The van der Waals surface area contributed by atoms with Crippen molar-refractivity contribution in [3.63, 3.8) is 0 Å². The fraction of sp³-hybridized carbons (Fsp3) is 0.294. The number of hydrogen-bond donors (Lipinski definition) is 1. The minimum atomic E-state index is -0.156. The Morgan fingerprint density at radius 3 is 2.62 bits per heavy atom. The average molecular weight is 326 g/mol. The second-order valence-electron chi connectivity index (χ2n) is 5.68. The van der Waals surface area contributed by atoms with E-state index < -0.39 is 0 Å². The topological polar surface area (TPSA) is 90.0 Å². The molecule has 7 heteroatoms. The molecule has 0 bridgehead atoms. The Kier molecular flexibility index (Phi) is 4.16. The number of hydrogen-bond acceptors (Lipinski definition) is 5. The van der Waals surface area contributed by atoms with Gasteiger partial charge in [0.1, 0.15) is 5.76 Å². The number of aromatic nitrogens is 3. The van der Waals surface area contributed by atoms with Gasteiger partial charge >= 0.3 is 0 Å². The van der Waals surface area contributed by atoms with Crippen molar-refractivity contribution in [1.29, 1.82) is 0 Å². The number of amides is 1. The zero-order valence-corrected chi connectivity index (χ0v) is 13.8. The molecule has 0 aliphatic heterocycles. The fourth-order valence-corrected chi connectivity index (χ4v) is 2.67. The Morgan fingerprint density at radius 2 is 1.96 bits per heavy atom. The first-order chi connectivity index (χ1) is 11.5. The Labute approximate surface area is 138 Å². The first-order valence-corrected chi connectivity index (χ1v) is 7.60. The number of carbonyl (C=O) groups excluding carboxylic acids is 1. The van der Waals surface area contributed by atoms with Crippen molar-refractivity contribution in [1.82, 2.24) is 20.3 Å². The molecule has 0 saturated heterocycles. The van der Waals surface area contributed by atoms with E-state index in [1.165, 1.54) is 4.68 Å². The zero-order valence-electron chi connectivity index (χ0n) is 13.8. The van der Waals surface area contributed by atoms with E-state index in [0.29, 0.717) is 22.5 Å². The van der Waals surface area contributed by atoms with E-state index in [9.17, 15) is 9.59 Å². The largest absolute Gasteiger partial charge is 0.361 e. The van der Waals surface area contributed by atoms with Crippen LogP contribution in [0.25, 0.3) is 10.8 Å². The van der Waals surface area contributed by atoms with E-state index in [2.05, 4.69) is 15.6 Å². The predicted octanol–water partition coefficient (Wildman–Crippen LogP) is 1.40. The van der Waals surface area contributed by atoms with Gasteiger partial charge in [0.25, 0.3) is 5.56 Å². The van der Waals surface area contributed by atoms with Gasteiger partial charge in [0.05, 0.1) is 29.7 Å². The number of nitrogens with one attached hydrogen (secondary N) is 1. The van der Waals surface area contributed by atoms with Gasteiger partial charge in [-0.25, -0.2) is 4.68 Å². The van der Waals surface area contributed by atoms with Crippen LogP contribution in [0.2, 0.25) is 0 Å². The molecule has 0 fully saturated rings. The summed E-state index contributed by atoms with van der Waals surface area (Å²) >= 11 is 0. The normalized spacial score (nSPS) is 11.0. The monoisotopic (exact) mass is 326 g/mol. The van der Waals surface area contributed by atoms with E-state index >= 15 is 0 Å². The van der Waals surface area contributed by atoms with Gasteiger partial charge in [0, 0.05) is 18.0 Å². The van der Waals surface area contributed by atoms with Gasteiger partial charge < -0.3 is 9.84 Å². The van der Waals surface area contributed by atoms with E-state index in [-0.39, 0.29) is 24.4 Å². The number of carbonyl (C=O) groups is 1. The van der Waals surface area contributed by atoms with E-state index in [0.717, 1.165) is 10.9 Å². The Bertz CT molecular complexity index is 952. The molecule has 0 aliphatic carbocycles. The van der Waals surface area contributed by atoms with E-state index in [4.69, 9.17) is 4.52 Å². The Balaban J connectivity index is 1.80. The number of aryl methyl sites for hydroxylation is 3. The number of benzene rings is 1. The smallest absolute Gasteiger partial charge is 0.274 e. The molecule has 24 heavy (non-hydrogen) atoms. The van der Waals surface area contributed by atoms with Crippen LogP contribution in [-0.4, -0.2) is 20.8 Å². The Morgan fingerprint density at radius 1 is 1.25 bits per heavy atom. The van der Waals surface area contributed by atoms with E-state index in [1.807, 2.05) is 18.2 Å². The van der Waals surface area contributed by atoms with Crippen molar-refractivity contribution in [2.24, 2.45) is 7.05 Å². The number of fused-ring (bicyclic) bond motifs is 1. The van der Waals surface area contributed by atoms with Crippen LogP contribution in [0.4, 0.5) is 0 Å². The quantitative estimate of drug-likeness (QED) is 0.782. The van der Waals surface area contributed by atoms with Crippen molar-refractivity contribution in [2.45, 2.75) is 26.8 Å². The first kappa shape index (κ1) is 15.9. The van der Waals surface area contributed by atoms with Crippen molar-refractivity contribution >= 4 is 16.7 Å². The second-order valence-corrected chi connectivity index (χ2v) is 5.68. The zero-order chi connectivity index (χ0) is 17.3. The molecule has 1 amide bonds. The molecule has 7 nitrogen and oxygen atoms in total. The molecular formula is C17H18N4O3. The third kappa shape index (κ3) is 2.92. The van der Waals surface area contributed by atoms with Crippen LogP contribution in [-0.2, 0) is 24.8 Å². The highest BCUT2D eigenvalue weighted by atomic mass is 16.5. The minimum absolute atomic E-state index is 0.149. The lowest BCUT2D eigenvalue weighted by atomic mass is 10.1. The summed E-state index contributed by atoms with van der Waals surface area (Å²) in [4.78, 5) is 24.3. The number of nitrogens with zero attached hydrogens (tertiary/aromatic N) is 3. The van der Waals surface area contributed by atoms with E-state index in [1.54, 1.807) is 27.0 Å². The summed E-state index contributed by atoms with van der Waals surface area (Å²) in [6, 6.07) is 7.25. The fourth-order valence-electron chi connectivity index (χ4n) is 2.67. The van der Waals surface area contributed by atoms with Gasteiger partial charge in [-0.2, -0.15) is 5.10 Å². The summed E-state index contributed by atoms with van der Waals surface area (Å²) in [5.41, 5.74) is 2.01. The van der Waals surface area contributed by atoms with Crippen molar-refractivity contribution < 1.29 is 9.32 Å². The molecule has 3 rings (SSSR count). The second kappa shape index (κ2) is 6.27. The summed E-state index contributed by atoms with van der Waals surface area (Å²) < 4.78 is 6.35. The van der Waals surface area contributed by atoms with Gasteiger partial charge in [-0.15, -0.1) is 0 Å². The lowest BCUT2D eigenvalue weighted by Crippen LogP contribution is -2.28. The standard InChI is InChI=1S/C17H18N4O3/c1-10-14(11(2)24-20-10)8-16(22)18-9-15-12-6-4-5-7-13(12)17(23)21(3)19-15/h4-7H,8-9H2,1-3H3,(H,18,22). The molecular weight excluding hydrogens is 308 g/mol. The van der Waals surface area contributed by atoms with Crippen molar-refractivity contribution in [2.75, 3.05) is 0 Å². The van der Waals surface area contributed by atoms with Crippen LogP contribution in [0.5, 0.6) is 0 Å². The molecule has 0 unspecified atom stereocenters. The highest BCUT2D eigenvalue weighted by Crippen LogP contribution is 2.14. The summed E-state index contributed by atoms with van der Waals surface area (Å²) in [7, 11) is 1.60. The molecule has 1 N–H and O–H groups in total. The highest BCUT2D eigenvalue weighted by molar-refractivity contribution is 5.84. The lowest BCUT2D eigenvalue weighted by Gasteiger charge is -2.09. The van der Waals surface area contributed by atoms with Crippen molar-refractivity contribution in [3.8, 4) is 0 Å². The summed E-state index contributed by atoms with van der Waals surface area (Å²) in [6.45, 7) is 3.84. The van der Waals surface area contributed by atoms with Gasteiger partial charge in [-0.1, -0.05) is 23.4 Å². The molecule has 3 aromatic rings. The van der Waals surface area contributed by atoms with Gasteiger partial charge in [0.15, 0.2) is 0 Å². The van der Waals surface area contributed by atoms with Crippen LogP contribution in [0.3, 0.4) is 0 Å². The lowest BCUT2D eigenvalue weighted by molar-refractivity contribution is -0.120. The SMILES string of the molecule is Cc1noc(C)c1CC(=O)NCc1nn(C)c(=O)c2ccccc12. The maximum absolute atomic E-state index is 12.2. The third-order valence-corrected chi connectivity index (χ3v) is 4.00. The molecule has 124 valence electrons. The van der Waals surface area contributed by atoms with Crippen LogP contribution in [0, 0.1) is 13.8 Å². The highest BCUT2D eigenvalue weighted by Gasteiger charge is 2.14. The number of rotatable bonds is 4. The van der Waals surface area contributed by atoms with Crippen LogP contribution < -0.4 is 10.9 Å². The summed E-state index contributed by atoms with van der Waals surface area (Å²) in [6.07, 6.45) is 0.199. The molecule has 0 aliphatic rings. The molecule has 0 radical (unpaired) electrons. The summed E-state index contributed by atoms with van der Waals surface area (Å²) in [5.74, 6) is 0.498. The van der Waals surface area contributed by atoms with Gasteiger partial charge in [-0.05, 0) is 19.9 Å². The average Bonchev–Trinajstić information content (AvgIpc) is 2.89. The third-order valence-electron chi connectivity index (χ3n) is 4.00. The Hall–Kier alpha value is -2.96. The minimum Gasteiger partial charge on any atom is -0.361 e. The van der Waals surface area contributed by atoms with Crippen LogP contribution in [0.15, 0.2) is 33.6 Å². The summed E-state index contributed by atoms with van der Waals surface area (Å²) in [5, 5.41) is 12.3. The van der Waals surface area contributed by atoms with Crippen LogP contribution in [0.1, 0.15) is 22.7 Å². The predicted molar refractivity (Wildman–Crippen MR) is 88.5 cm³/mol. The maximum Gasteiger partial charge on any atom is 0.274 e. The maximum atomic E-state index is 12.2. The molecule has 0 spiro atoms. The van der Waals surface area contributed by atoms with Gasteiger partial charge in [0.2, 0.25) is 5.91 Å². The molecule has 2 aromatic heterocycles. The molecule has 0 atom stereocenters. The molecule has 2 heterocycles. The van der Waals surface area contributed by atoms with Crippen LogP contribution >= 0.6 is 0 Å².